The van der Waals surface area contributed by atoms with Crippen molar-refractivity contribution in [1.29, 1.82) is 0 Å². The van der Waals surface area contributed by atoms with Crippen molar-refractivity contribution in [3.05, 3.63) is 36.0 Å². The molecule has 0 aliphatic heterocycles. The van der Waals surface area contributed by atoms with Crippen molar-refractivity contribution in [2.24, 2.45) is 0 Å². The van der Waals surface area contributed by atoms with Gasteiger partial charge in [0.05, 0.1) is 22.8 Å². The van der Waals surface area contributed by atoms with Crippen LogP contribution in [0.5, 0.6) is 0 Å². The van der Waals surface area contributed by atoms with E-state index >= 15 is 0 Å². The molecule has 0 atom stereocenters. The normalized spacial score (nSPS) is 11.5. The Kier molecular flexibility index (Phi) is 4.91. The first-order chi connectivity index (χ1) is 10.4. The predicted molar refractivity (Wildman–Crippen MR) is 78.0 cm³/mol. The second-order valence-corrected chi connectivity index (χ2v) is 6.18. The number of H-pyrrole nitrogens is 1. The molecule has 1 aromatic heterocycles. The van der Waals surface area contributed by atoms with Gasteiger partial charge in [-0.15, -0.1) is 0 Å². The molecule has 0 aliphatic carbocycles. The maximum absolute atomic E-state index is 12.2. The zero-order chi connectivity index (χ0) is 16.2. The number of nitrogens with one attached hydrogen (secondary N) is 2. The summed E-state index contributed by atoms with van der Waals surface area (Å²) >= 11 is 0. The lowest BCUT2D eigenvalue weighted by Gasteiger charge is -2.09. The second kappa shape index (κ2) is 6.69. The molecule has 0 spiro atoms. The van der Waals surface area contributed by atoms with Gasteiger partial charge in [0.15, 0.2) is 0 Å². The Morgan fingerprint density at radius 3 is 2.77 bits per heavy atom. The monoisotopic (exact) mass is 325 g/mol. The van der Waals surface area contributed by atoms with Crippen LogP contribution < -0.4 is 4.72 Å². The molecule has 0 saturated carbocycles. The summed E-state index contributed by atoms with van der Waals surface area (Å²) in [5.74, 6) is -1.21. The Labute approximate surface area is 127 Å². The molecule has 0 unspecified atom stereocenters. The number of aromatic nitrogens is 2. The molecule has 22 heavy (non-hydrogen) atoms. The van der Waals surface area contributed by atoms with E-state index in [1.165, 1.54) is 25.4 Å². The van der Waals surface area contributed by atoms with Crippen LogP contribution in [0.2, 0.25) is 0 Å². The number of carboxylic acids is 1. The topological polar surface area (TPSA) is 121 Å². The molecule has 0 fully saturated rings. The van der Waals surface area contributed by atoms with E-state index in [1.54, 1.807) is 6.07 Å². The minimum absolute atomic E-state index is 0.0928. The van der Waals surface area contributed by atoms with Crippen LogP contribution in [0.4, 0.5) is 0 Å². The maximum atomic E-state index is 12.2. The molecule has 1 heterocycles. The van der Waals surface area contributed by atoms with E-state index in [1.807, 2.05) is 0 Å². The largest absolute Gasteiger partial charge is 0.478 e. The van der Waals surface area contributed by atoms with Gasteiger partial charge in [0, 0.05) is 25.4 Å². The lowest BCUT2D eigenvalue weighted by molar-refractivity contribution is 0.0696. The first-order valence-corrected chi connectivity index (χ1v) is 7.79. The Hall–Kier alpha value is -2.23. The number of rotatable bonds is 7. The van der Waals surface area contributed by atoms with E-state index in [2.05, 4.69) is 14.9 Å². The molecule has 1 aromatic carbocycles. The van der Waals surface area contributed by atoms with E-state index in [-0.39, 0.29) is 23.6 Å². The number of carbonyl (C=O) groups is 1. The second-order valence-electron chi connectivity index (χ2n) is 4.41. The summed E-state index contributed by atoms with van der Waals surface area (Å²) in [6.45, 7) is 0.306. The molecule has 0 amide bonds. The van der Waals surface area contributed by atoms with Crippen molar-refractivity contribution in [3.63, 3.8) is 0 Å². The number of nitrogens with zero attached hydrogens (tertiary/aromatic N) is 1. The van der Waals surface area contributed by atoms with Crippen LogP contribution in [0, 0.1) is 0 Å². The van der Waals surface area contributed by atoms with Gasteiger partial charge in [-0.3, -0.25) is 5.10 Å². The van der Waals surface area contributed by atoms with E-state index < -0.39 is 16.0 Å². The molecule has 2 aromatic rings. The molecule has 0 bridgehead atoms. The highest BCUT2D eigenvalue weighted by Crippen LogP contribution is 2.23. The number of benzene rings is 1. The van der Waals surface area contributed by atoms with Crippen LogP contribution in [0.15, 0.2) is 35.4 Å². The minimum Gasteiger partial charge on any atom is -0.478 e. The van der Waals surface area contributed by atoms with Gasteiger partial charge in [-0.05, 0) is 24.3 Å². The third-order valence-corrected chi connectivity index (χ3v) is 4.31. The van der Waals surface area contributed by atoms with Crippen molar-refractivity contribution < 1.29 is 23.1 Å². The number of aromatic carboxylic acids is 1. The zero-order valence-corrected chi connectivity index (χ0v) is 12.6. The van der Waals surface area contributed by atoms with E-state index in [0.29, 0.717) is 11.3 Å². The molecule has 9 heteroatoms. The summed E-state index contributed by atoms with van der Waals surface area (Å²) in [6.07, 6.45) is 1.49. The summed E-state index contributed by atoms with van der Waals surface area (Å²) in [7, 11) is -2.38. The predicted octanol–water partition coefficient (Wildman–Crippen LogP) is 0.700. The first kappa shape index (κ1) is 16.1. The molecular weight excluding hydrogens is 310 g/mol. The average Bonchev–Trinajstić information content (AvgIpc) is 3.01. The fourth-order valence-corrected chi connectivity index (χ4v) is 2.89. The van der Waals surface area contributed by atoms with E-state index in [9.17, 15) is 13.2 Å². The SMILES string of the molecule is COCCNS(=O)(=O)c1cc(C(=O)O)cc(-c2ccn[nH]2)c1. The summed E-state index contributed by atoms with van der Waals surface area (Å²) in [5.41, 5.74) is 0.820. The molecule has 8 nitrogen and oxygen atoms in total. The van der Waals surface area contributed by atoms with Crippen LogP contribution >= 0.6 is 0 Å². The van der Waals surface area contributed by atoms with Crippen molar-refractivity contribution >= 4 is 16.0 Å². The Morgan fingerprint density at radius 2 is 2.18 bits per heavy atom. The third kappa shape index (κ3) is 3.70. The Bertz CT molecular complexity index is 756. The van der Waals surface area contributed by atoms with Crippen LogP contribution in [-0.4, -0.2) is 50.0 Å². The third-order valence-electron chi connectivity index (χ3n) is 2.87. The van der Waals surface area contributed by atoms with Crippen LogP contribution in [0.25, 0.3) is 11.3 Å². The number of sulfonamides is 1. The van der Waals surface area contributed by atoms with Gasteiger partial charge in [0.2, 0.25) is 10.0 Å². The highest BCUT2D eigenvalue weighted by Gasteiger charge is 2.18. The maximum Gasteiger partial charge on any atom is 0.335 e. The summed E-state index contributed by atoms with van der Waals surface area (Å²) in [4.78, 5) is 11.1. The quantitative estimate of drug-likeness (QED) is 0.644. The molecule has 0 saturated heterocycles. The fourth-order valence-electron chi connectivity index (χ4n) is 1.81. The van der Waals surface area contributed by atoms with Crippen molar-refractivity contribution in [1.82, 2.24) is 14.9 Å². The summed E-state index contributed by atoms with van der Waals surface area (Å²) in [6, 6.07) is 5.49. The summed E-state index contributed by atoms with van der Waals surface area (Å²) < 4.78 is 31.6. The van der Waals surface area contributed by atoms with Crippen molar-refractivity contribution in [2.45, 2.75) is 4.90 Å². The van der Waals surface area contributed by atoms with Crippen LogP contribution in [0.3, 0.4) is 0 Å². The van der Waals surface area contributed by atoms with Gasteiger partial charge in [-0.2, -0.15) is 5.10 Å². The number of aromatic amines is 1. The first-order valence-electron chi connectivity index (χ1n) is 6.31. The highest BCUT2D eigenvalue weighted by atomic mass is 32.2. The lowest BCUT2D eigenvalue weighted by Crippen LogP contribution is -2.27. The standard InChI is InChI=1S/C13H15N3O5S/c1-21-5-4-15-22(19,20)11-7-9(12-2-3-14-16-12)6-10(8-11)13(17)18/h2-3,6-8,15H,4-5H2,1H3,(H,14,16)(H,17,18). The molecule has 3 N–H and O–H groups in total. The number of hydrogen-bond acceptors (Lipinski definition) is 5. The number of hydrogen-bond donors (Lipinski definition) is 3. The van der Waals surface area contributed by atoms with Gasteiger partial charge in [-0.1, -0.05) is 0 Å². The van der Waals surface area contributed by atoms with Crippen LogP contribution in [-0.2, 0) is 14.8 Å². The molecule has 118 valence electrons. The number of carboxylic acid groups (broad SMARTS) is 1. The average molecular weight is 325 g/mol. The summed E-state index contributed by atoms with van der Waals surface area (Å²) in [5, 5.41) is 15.6. The van der Waals surface area contributed by atoms with E-state index in [4.69, 9.17) is 9.84 Å². The lowest BCUT2D eigenvalue weighted by atomic mass is 10.1. The minimum atomic E-state index is -3.83. The van der Waals surface area contributed by atoms with Gasteiger partial charge in [0.25, 0.3) is 0 Å². The van der Waals surface area contributed by atoms with Gasteiger partial charge < -0.3 is 9.84 Å². The Balaban J connectivity index is 2.45. The number of ether oxygens (including phenoxy) is 1. The fraction of sp³-hybridized carbons (Fsp3) is 0.231. The van der Waals surface area contributed by atoms with Gasteiger partial charge in [0.1, 0.15) is 0 Å². The molecule has 0 radical (unpaired) electrons. The number of methoxy groups -OCH3 is 1. The molecular formula is C13H15N3O5S. The van der Waals surface area contributed by atoms with Crippen molar-refractivity contribution in [2.75, 3.05) is 20.3 Å². The molecule has 2 rings (SSSR count). The highest BCUT2D eigenvalue weighted by molar-refractivity contribution is 7.89. The van der Waals surface area contributed by atoms with E-state index in [0.717, 1.165) is 6.07 Å². The smallest absolute Gasteiger partial charge is 0.335 e. The van der Waals surface area contributed by atoms with Crippen LogP contribution in [0.1, 0.15) is 10.4 Å². The van der Waals surface area contributed by atoms with Gasteiger partial charge in [-0.25, -0.2) is 17.9 Å². The molecule has 0 aliphatic rings. The Morgan fingerprint density at radius 1 is 1.41 bits per heavy atom. The zero-order valence-electron chi connectivity index (χ0n) is 11.7. The van der Waals surface area contributed by atoms with Gasteiger partial charge >= 0.3 is 5.97 Å². The van der Waals surface area contributed by atoms with Crippen molar-refractivity contribution in [3.8, 4) is 11.3 Å².